The molecule has 0 saturated carbocycles. The van der Waals surface area contributed by atoms with Crippen molar-refractivity contribution in [1.82, 2.24) is 15.0 Å². The van der Waals surface area contributed by atoms with E-state index >= 15 is 0 Å². The molecule has 4 aromatic rings. The molecule has 29 heavy (non-hydrogen) atoms. The Morgan fingerprint density at radius 1 is 1.21 bits per heavy atom. The number of nitrogens with zero attached hydrogens (tertiary/aromatic N) is 3. The summed E-state index contributed by atoms with van der Waals surface area (Å²) < 4.78 is 5.30. The first kappa shape index (κ1) is 17.8. The van der Waals surface area contributed by atoms with Gasteiger partial charge in [0.1, 0.15) is 22.1 Å². The minimum atomic E-state index is -0.196. The lowest BCUT2D eigenvalue weighted by Crippen LogP contribution is -2.20. The van der Waals surface area contributed by atoms with Gasteiger partial charge in [0.25, 0.3) is 0 Å². The largest absolute Gasteiger partial charge is 0.497 e. The molecule has 7 heteroatoms. The number of aromatic nitrogens is 3. The molecule has 0 saturated heterocycles. The lowest BCUT2D eigenvalue weighted by atomic mass is 10.0. The monoisotopic (exact) mass is 402 g/mol. The molecule has 0 spiro atoms. The van der Waals surface area contributed by atoms with E-state index in [1.807, 2.05) is 47.8 Å². The Hall–Kier alpha value is -3.32. The van der Waals surface area contributed by atoms with E-state index in [1.165, 1.54) is 16.9 Å². The molecule has 1 amide bonds. The SMILES string of the molecule is COc1ccc2c(c1)CCC2C(=O)Nc1nc(-c2ccccn2)nc2sccc12. The van der Waals surface area contributed by atoms with Crippen LogP contribution >= 0.6 is 11.3 Å². The fraction of sp³-hybridized carbons (Fsp3) is 0.182. The normalized spacial score (nSPS) is 15.3. The van der Waals surface area contributed by atoms with Crippen molar-refractivity contribution in [2.24, 2.45) is 0 Å². The molecule has 1 atom stereocenters. The number of fused-ring (bicyclic) bond motifs is 2. The summed E-state index contributed by atoms with van der Waals surface area (Å²) in [5.41, 5.74) is 2.91. The molecule has 0 radical (unpaired) electrons. The molecule has 0 fully saturated rings. The Morgan fingerprint density at radius 3 is 2.97 bits per heavy atom. The van der Waals surface area contributed by atoms with Gasteiger partial charge in [0.05, 0.1) is 18.4 Å². The van der Waals surface area contributed by atoms with Crippen LogP contribution in [0, 0.1) is 0 Å². The van der Waals surface area contributed by atoms with Crippen LogP contribution in [0.2, 0.25) is 0 Å². The second-order valence-electron chi connectivity index (χ2n) is 6.90. The van der Waals surface area contributed by atoms with Gasteiger partial charge in [-0.15, -0.1) is 11.3 Å². The fourth-order valence-corrected chi connectivity index (χ4v) is 4.52. The Bertz CT molecular complexity index is 1210. The molecule has 6 nitrogen and oxygen atoms in total. The number of nitrogens with one attached hydrogen (secondary N) is 1. The van der Waals surface area contributed by atoms with Gasteiger partial charge in [-0.2, -0.15) is 0 Å². The zero-order valence-corrected chi connectivity index (χ0v) is 16.6. The molecule has 1 aliphatic rings. The van der Waals surface area contributed by atoms with Crippen LogP contribution in [0.15, 0.2) is 54.0 Å². The quantitative estimate of drug-likeness (QED) is 0.546. The number of carbonyl (C=O) groups excluding carboxylic acids is 1. The van der Waals surface area contributed by atoms with Gasteiger partial charge < -0.3 is 10.1 Å². The molecule has 0 aliphatic heterocycles. The Morgan fingerprint density at radius 2 is 2.14 bits per heavy atom. The van der Waals surface area contributed by atoms with Crippen molar-refractivity contribution in [2.75, 3.05) is 12.4 Å². The number of anilines is 1. The second kappa shape index (κ2) is 7.25. The van der Waals surface area contributed by atoms with E-state index < -0.39 is 0 Å². The summed E-state index contributed by atoms with van der Waals surface area (Å²) in [6.45, 7) is 0. The first-order valence-corrected chi connectivity index (χ1v) is 10.3. The molecule has 144 valence electrons. The van der Waals surface area contributed by atoms with E-state index in [-0.39, 0.29) is 11.8 Å². The van der Waals surface area contributed by atoms with Crippen molar-refractivity contribution in [1.29, 1.82) is 0 Å². The summed E-state index contributed by atoms with van der Waals surface area (Å²) in [5, 5.41) is 5.85. The maximum atomic E-state index is 13.1. The van der Waals surface area contributed by atoms with Crippen LogP contribution in [0.1, 0.15) is 23.5 Å². The highest BCUT2D eigenvalue weighted by atomic mass is 32.1. The number of aryl methyl sites for hydroxylation is 1. The Kier molecular flexibility index (Phi) is 4.44. The van der Waals surface area contributed by atoms with Gasteiger partial charge in [-0.1, -0.05) is 12.1 Å². The predicted octanol–water partition coefficient (Wildman–Crippen LogP) is 4.43. The van der Waals surface area contributed by atoms with Crippen molar-refractivity contribution < 1.29 is 9.53 Å². The molecule has 1 N–H and O–H groups in total. The summed E-state index contributed by atoms with van der Waals surface area (Å²) in [6, 6.07) is 13.5. The smallest absolute Gasteiger partial charge is 0.233 e. The van der Waals surface area contributed by atoms with Crippen LogP contribution in [0.4, 0.5) is 5.82 Å². The van der Waals surface area contributed by atoms with Crippen molar-refractivity contribution >= 4 is 33.3 Å². The number of benzene rings is 1. The summed E-state index contributed by atoms with van der Waals surface area (Å²) >= 11 is 1.52. The number of carbonyl (C=O) groups is 1. The van der Waals surface area contributed by atoms with E-state index in [0.29, 0.717) is 17.3 Å². The van der Waals surface area contributed by atoms with E-state index in [4.69, 9.17) is 4.74 Å². The summed E-state index contributed by atoms with van der Waals surface area (Å²) in [4.78, 5) is 27.5. The van der Waals surface area contributed by atoms with Crippen LogP contribution in [-0.4, -0.2) is 28.0 Å². The molecule has 0 bridgehead atoms. The second-order valence-corrected chi connectivity index (χ2v) is 7.79. The standard InChI is InChI=1S/C22H18N4O2S/c1-28-14-6-8-15-13(12-14)5-7-16(15)21(27)25-19-17-9-11-29-22(17)26-20(24-19)18-4-2-3-10-23-18/h2-4,6,8-12,16H,5,7H2,1H3,(H,24,25,26,27). The third kappa shape index (κ3) is 3.23. The van der Waals surface area contributed by atoms with Crippen LogP contribution in [0.25, 0.3) is 21.7 Å². The third-order valence-corrected chi connectivity index (χ3v) is 6.01. The number of thiophene rings is 1. The first-order valence-electron chi connectivity index (χ1n) is 9.37. The molecule has 1 unspecified atom stereocenters. The van der Waals surface area contributed by atoms with Crippen molar-refractivity contribution in [3.63, 3.8) is 0 Å². The van der Waals surface area contributed by atoms with Crippen molar-refractivity contribution in [3.8, 4) is 17.3 Å². The molecule has 3 heterocycles. The number of amides is 1. The molecule has 1 aliphatic carbocycles. The van der Waals surface area contributed by atoms with E-state index in [2.05, 4.69) is 20.3 Å². The van der Waals surface area contributed by atoms with E-state index in [9.17, 15) is 4.79 Å². The number of ether oxygens (including phenoxy) is 1. The van der Waals surface area contributed by atoms with Crippen LogP contribution in [0.3, 0.4) is 0 Å². The maximum Gasteiger partial charge on any atom is 0.233 e. The summed E-state index contributed by atoms with van der Waals surface area (Å²) in [6.07, 6.45) is 3.35. The number of hydrogen-bond acceptors (Lipinski definition) is 6. The third-order valence-electron chi connectivity index (χ3n) is 5.21. The first-order chi connectivity index (χ1) is 14.2. The van der Waals surface area contributed by atoms with Crippen molar-refractivity contribution in [3.05, 3.63) is 65.2 Å². The topological polar surface area (TPSA) is 77.0 Å². The minimum absolute atomic E-state index is 0.0490. The van der Waals surface area contributed by atoms with Gasteiger partial charge in [-0.05, 0) is 59.7 Å². The zero-order chi connectivity index (χ0) is 19.8. The molecule has 1 aromatic carbocycles. The van der Waals surface area contributed by atoms with Gasteiger partial charge in [-0.25, -0.2) is 9.97 Å². The fourth-order valence-electron chi connectivity index (χ4n) is 3.76. The average Bonchev–Trinajstić information content (AvgIpc) is 3.40. The van der Waals surface area contributed by atoms with E-state index in [0.717, 1.165) is 34.4 Å². The minimum Gasteiger partial charge on any atom is -0.497 e. The molecular weight excluding hydrogens is 384 g/mol. The maximum absolute atomic E-state index is 13.1. The number of methoxy groups -OCH3 is 1. The lowest BCUT2D eigenvalue weighted by Gasteiger charge is -2.13. The average molecular weight is 402 g/mol. The van der Waals surface area contributed by atoms with Crippen molar-refractivity contribution in [2.45, 2.75) is 18.8 Å². The summed E-state index contributed by atoms with van der Waals surface area (Å²) in [7, 11) is 1.65. The van der Waals surface area contributed by atoms with Gasteiger partial charge in [-0.3, -0.25) is 9.78 Å². The van der Waals surface area contributed by atoms with Crippen LogP contribution < -0.4 is 10.1 Å². The number of rotatable bonds is 4. The highest BCUT2D eigenvalue weighted by Crippen LogP contribution is 2.36. The molecular formula is C22H18N4O2S. The molecule has 5 rings (SSSR count). The van der Waals surface area contributed by atoms with Gasteiger partial charge >= 0.3 is 0 Å². The highest BCUT2D eigenvalue weighted by molar-refractivity contribution is 7.16. The van der Waals surface area contributed by atoms with Gasteiger partial charge in [0.2, 0.25) is 5.91 Å². The Labute approximate surface area is 171 Å². The van der Waals surface area contributed by atoms with Crippen LogP contribution in [-0.2, 0) is 11.2 Å². The predicted molar refractivity (Wildman–Crippen MR) is 113 cm³/mol. The number of hydrogen-bond donors (Lipinski definition) is 1. The number of pyridine rings is 1. The Balaban J connectivity index is 1.48. The van der Waals surface area contributed by atoms with E-state index in [1.54, 1.807) is 13.3 Å². The van der Waals surface area contributed by atoms with Gasteiger partial charge in [0.15, 0.2) is 5.82 Å². The lowest BCUT2D eigenvalue weighted by molar-refractivity contribution is -0.117. The van der Waals surface area contributed by atoms with Crippen LogP contribution in [0.5, 0.6) is 5.75 Å². The zero-order valence-electron chi connectivity index (χ0n) is 15.8. The highest BCUT2D eigenvalue weighted by Gasteiger charge is 2.29. The van der Waals surface area contributed by atoms with Gasteiger partial charge in [0, 0.05) is 6.20 Å². The molecule has 3 aromatic heterocycles. The summed E-state index contributed by atoms with van der Waals surface area (Å²) in [5.74, 6) is 1.61.